The van der Waals surface area contributed by atoms with Crippen molar-refractivity contribution in [3.05, 3.63) is 48.2 Å². The van der Waals surface area contributed by atoms with Crippen molar-refractivity contribution in [1.82, 2.24) is 0 Å². The van der Waals surface area contributed by atoms with Gasteiger partial charge >= 0.3 is 6.16 Å². The SMILES string of the molecule is O=C(OCc1ccccc1)O[C@H]1CO[C@@H]2C=CO[C@H]12. The second-order valence-electron chi connectivity index (χ2n) is 4.41. The third-order valence-electron chi connectivity index (χ3n) is 3.09. The first-order valence-electron chi connectivity index (χ1n) is 6.14. The van der Waals surface area contributed by atoms with Crippen molar-refractivity contribution in [2.75, 3.05) is 6.61 Å². The Labute approximate surface area is 110 Å². The Morgan fingerprint density at radius 1 is 1.32 bits per heavy atom. The van der Waals surface area contributed by atoms with Crippen molar-refractivity contribution >= 4 is 6.16 Å². The fourth-order valence-corrected chi connectivity index (χ4v) is 2.13. The summed E-state index contributed by atoms with van der Waals surface area (Å²) in [5.41, 5.74) is 0.916. The van der Waals surface area contributed by atoms with Crippen LogP contribution in [0.3, 0.4) is 0 Å². The molecular weight excluding hydrogens is 248 g/mol. The lowest BCUT2D eigenvalue weighted by atomic mass is 10.2. The molecule has 1 aromatic rings. The molecule has 0 N–H and O–H groups in total. The zero-order valence-electron chi connectivity index (χ0n) is 10.2. The normalized spacial score (nSPS) is 27.7. The first-order chi connectivity index (χ1) is 9.33. The average Bonchev–Trinajstić information content (AvgIpc) is 3.03. The largest absolute Gasteiger partial charge is 0.509 e. The minimum absolute atomic E-state index is 0.119. The van der Waals surface area contributed by atoms with Crippen LogP contribution in [0.25, 0.3) is 0 Å². The molecule has 1 aromatic carbocycles. The van der Waals surface area contributed by atoms with E-state index < -0.39 is 12.3 Å². The van der Waals surface area contributed by atoms with Crippen LogP contribution < -0.4 is 0 Å². The lowest BCUT2D eigenvalue weighted by Crippen LogP contribution is -2.32. The van der Waals surface area contributed by atoms with E-state index in [1.165, 1.54) is 0 Å². The summed E-state index contributed by atoms with van der Waals surface area (Å²) in [6.07, 6.45) is 1.90. The quantitative estimate of drug-likeness (QED) is 0.780. The van der Waals surface area contributed by atoms with Crippen LogP contribution in [0.2, 0.25) is 0 Å². The lowest BCUT2D eigenvalue weighted by Gasteiger charge is -2.16. The highest BCUT2D eigenvalue weighted by Crippen LogP contribution is 2.26. The maximum absolute atomic E-state index is 11.6. The number of benzene rings is 1. The van der Waals surface area contributed by atoms with Gasteiger partial charge in [-0.05, 0) is 11.6 Å². The number of carbonyl (C=O) groups excluding carboxylic acids is 1. The van der Waals surface area contributed by atoms with E-state index in [9.17, 15) is 4.79 Å². The first kappa shape index (κ1) is 12.0. The zero-order chi connectivity index (χ0) is 13.1. The summed E-state index contributed by atoms with van der Waals surface area (Å²) < 4.78 is 21.0. The summed E-state index contributed by atoms with van der Waals surface area (Å²) in [6.45, 7) is 0.528. The van der Waals surface area contributed by atoms with Gasteiger partial charge in [0.25, 0.3) is 0 Å². The van der Waals surface area contributed by atoms with Crippen LogP contribution in [0.4, 0.5) is 4.79 Å². The molecule has 2 heterocycles. The molecule has 0 spiro atoms. The molecule has 19 heavy (non-hydrogen) atoms. The van der Waals surface area contributed by atoms with Crippen molar-refractivity contribution in [2.24, 2.45) is 0 Å². The molecule has 2 aliphatic rings. The van der Waals surface area contributed by atoms with Gasteiger partial charge in [0.15, 0.2) is 12.2 Å². The Hall–Kier alpha value is -2.01. The molecule has 5 heteroatoms. The van der Waals surface area contributed by atoms with Gasteiger partial charge in [-0.3, -0.25) is 0 Å². The lowest BCUT2D eigenvalue weighted by molar-refractivity contribution is -0.0169. The van der Waals surface area contributed by atoms with Crippen LogP contribution in [0.1, 0.15) is 5.56 Å². The molecule has 0 bridgehead atoms. The van der Waals surface area contributed by atoms with Crippen LogP contribution in [0.15, 0.2) is 42.7 Å². The molecule has 1 saturated heterocycles. The molecule has 100 valence electrons. The third-order valence-corrected chi connectivity index (χ3v) is 3.09. The van der Waals surface area contributed by atoms with Gasteiger partial charge in [-0.1, -0.05) is 30.3 Å². The van der Waals surface area contributed by atoms with Crippen LogP contribution >= 0.6 is 0 Å². The van der Waals surface area contributed by atoms with Gasteiger partial charge < -0.3 is 18.9 Å². The maximum atomic E-state index is 11.6. The minimum Gasteiger partial charge on any atom is -0.491 e. The third kappa shape index (κ3) is 2.71. The van der Waals surface area contributed by atoms with E-state index in [0.717, 1.165) is 5.56 Å². The fourth-order valence-electron chi connectivity index (χ4n) is 2.13. The molecule has 0 unspecified atom stereocenters. The second kappa shape index (κ2) is 5.32. The molecule has 0 amide bonds. The molecule has 0 saturated carbocycles. The van der Waals surface area contributed by atoms with Crippen molar-refractivity contribution in [3.8, 4) is 0 Å². The topological polar surface area (TPSA) is 54.0 Å². The number of hydrogen-bond acceptors (Lipinski definition) is 5. The van der Waals surface area contributed by atoms with E-state index in [2.05, 4.69) is 0 Å². The van der Waals surface area contributed by atoms with E-state index in [1.807, 2.05) is 36.4 Å². The smallest absolute Gasteiger partial charge is 0.491 e. The first-order valence-corrected chi connectivity index (χ1v) is 6.14. The number of carbonyl (C=O) groups is 1. The molecule has 0 radical (unpaired) electrons. The van der Waals surface area contributed by atoms with Gasteiger partial charge in [-0.25, -0.2) is 4.79 Å². The van der Waals surface area contributed by atoms with Crippen LogP contribution in [0.5, 0.6) is 0 Å². The Kier molecular flexibility index (Phi) is 3.37. The number of rotatable bonds is 3. The molecular formula is C14H14O5. The van der Waals surface area contributed by atoms with Gasteiger partial charge in [0, 0.05) is 0 Å². The molecule has 0 aliphatic carbocycles. The molecule has 1 fully saturated rings. The molecule has 3 rings (SSSR count). The van der Waals surface area contributed by atoms with Crippen molar-refractivity contribution < 1.29 is 23.7 Å². The maximum Gasteiger partial charge on any atom is 0.509 e. The molecule has 3 atom stereocenters. The van der Waals surface area contributed by atoms with Crippen molar-refractivity contribution in [3.63, 3.8) is 0 Å². The number of fused-ring (bicyclic) bond motifs is 1. The van der Waals surface area contributed by atoms with Gasteiger partial charge in [0.05, 0.1) is 12.9 Å². The average molecular weight is 262 g/mol. The minimum atomic E-state index is -0.700. The molecule has 2 aliphatic heterocycles. The summed E-state index contributed by atoms with van der Waals surface area (Å²) in [6, 6.07) is 9.44. The van der Waals surface area contributed by atoms with E-state index in [0.29, 0.717) is 6.61 Å². The van der Waals surface area contributed by atoms with E-state index in [4.69, 9.17) is 18.9 Å². The Balaban J connectivity index is 1.47. The zero-order valence-corrected chi connectivity index (χ0v) is 10.2. The predicted molar refractivity (Wildman–Crippen MR) is 65.3 cm³/mol. The van der Waals surface area contributed by atoms with E-state index in [-0.39, 0.29) is 18.8 Å². The Bertz CT molecular complexity index is 470. The predicted octanol–water partition coefficient (Wildman–Crippen LogP) is 2.02. The van der Waals surface area contributed by atoms with E-state index >= 15 is 0 Å². The van der Waals surface area contributed by atoms with Crippen LogP contribution in [0, 0.1) is 0 Å². The molecule has 5 nitrogen and oxygen atoms in total. The summed E-state index contributed by atoms with van der Waals surface area (Å²) in [5.74, 6) is 0. The number of hydrogen-bond donors (Lipinski definition) is 0. The Morgan fingerprint density at radius 2 is 2.16 bits per heavy atom. The van der Waals surface area contributed by atoms with Crippen molar-refractivity contribution in [2.45, 2.75) is 24.9 Å². The standard InChI is InChI=1S/C14H14O5/c15-14(18-8-10-4-2-1-3-5-10)19-12-9-17-11-6-7-16-13(11)12/h1-7,11-13H,8-9H2/t11-,12+,13+/m1/s1. The fraction of sp³-hybridized carbons (Fsp3) is 0.357. The van der Waals surface area contributed by atoms with E-state index in [1.54, 1.807) is 6.26 Å². The highest BCUT2D eigenvalue weighted by atomic mass is 16.7. The van der Waals surface area contributed by atoms with Gasteiger partial charge in [0.1, 0.15) is 12.7 Å². The summed E-state index contributed by atoms with van der Waals surface area (Å²) in [7, 11) is 0. The summed E-state index contributed by atoms with van der Waals surface area (Å²) in [4.78, 5) is 11.6. The molecule has 0 aromatic heterocycles. The Morgan fingerprint density at radius 3 is 3.00 bits per heavy atom. The summed E-state index contributed by atoms with van der Waals surface area (Å²) in [5, 5.41) is 0. The van der Waals surface area contributed by atoms with Gasteiger partial charge in [-0.15, -0.1) is 0 Å². The number of ether oxygens (including phenoxy) is 4. The van der Waals surface area contributed by atoms with Crippen LogP contribution in [-0.2, 0) is 25.6 Å². The van der Waals surface area contributed by atoms with Gasteiger partial charge in [-0.2, -0.15) is 0 Å². The van der Waals surface area contributed by atoms with Gasteiger partial charge in [0.2, 0.25) is 0 Å². The van der Waals surface area contributed by atoms with Crippen LogP contribution in [-0.4, -0.2) is 31.1 Å². The highest BCUT2D eigenvalue weighted by Gasteiger charge is 2.42. The summed E-state index contributed by atoms with van der Waals surface area (Å²) >= 11 is 0. The monoisotopic (exact) mass is 262 g/mol. The highest BCUT2D eigenvalue weighted by molar-refractivity contribution is 5.60. The van der Waals surface area contributed by atoms with Crippen molar-refractivity contribution in [1.29, 1.82) is 0 Å². The second-order valence-corrected chi connectivity index (χ2v) is 4.41.